The third-order valence-corrected chi connectivity index (χ3v) is 3.87. The summed E-state index contributed by atoms with van der Waals surface area (Å²) in [5.74, 6) is 1.68. The minimum absolute atomic E-state index is 0.500. The highest BCUT2D eigenvalue weighted by atomic mass is 14.7. The van der Waals surface area contributed by atoms with E-state index in [0.29, 0.717) is 6.04 Å². The van der Waals surface area contributed by atoms with E-state index in [-0.39, 0.29) is 0 Å². The monoisotopic (exact) mass is 197 g/mol. The molecule has 1 saturated carbocycles. The maximum Gasteiger partial charge on any atom is 0.00697 e. The van der Waals surface area contributed by atoms with Crippen molar-refractivity contribution in [3.63, 3.8) is 0 Å². The molecule has 0 heterocycles. The van der Waals surface area contributed by atoms with E-state index in [1.54, 1.807) is 0 Å². The molecule has 1 heteroatoms. The molecule has 0 amide bonds. The Balaban J connectivity index is 2.23. The van der Waals surface area contributed by atoms with Gasteiger partial charge in [-0.1, -0.05) is 52.4 Å². The fraction of sp³-hybridized carbons (Fsp3) is 1.00. The third kappa shape index (κ3) is 3.61. The molecule has 3 unspecified atom stereocenters. The minimum atomic E-state index is 0.500. The Kier molecular flexibility index (Phi) is 5.54. The van der Waals surface area contributed by atoms with E-state index < -0.39 is 0 Å². The van der Waals surface area contributed by atoms with Crippen molar-refractivity contribution >= 4 is 0 Å². The average Bonchev–Trinajstić information content (AvgIpc) is 2.18. The quantitative estimate of drug-likeness (QED) is 0.668. The average molecular weight is 197 g/mol. The van der Waals surface area contributed by atoms with E-state index in [0.717, 1.165) is 11.8 Å². The van der Waals surface area contributed by atoms with Crippen LogP contribution in [0.2, 0.25) is 0 Å². The molecular formula is C13H27N. The lowest BCUT2D eigenvalue weighted by atomic mass is 9.76. The third-order valence-electron chi connectivity index (χ3n) is 3.87. The van der Waals surface area contributed by atoms with Crippen molar-refractivity contribution < 1.29 is 0 Å². The molecule has 2 N–H and O–H groups in total. The minimum Gasteiger partial charge on any atom is -0.327 e. The molecule has 1 fully saturated rings. The second kappa shape index (κ2) is 6.44. The van der Waals surface area contributed by atoms with E-state index in [1.807, 2.05) is 0 Å². The Morgan fingerprint density at radius 2 is 1.93 bits per heavy atom. The van der Waals surface area contributed by atoms with Crippen LogP contribution < -0.4 is 5.73 Å². The molecule has 0 spiro atoms. The second-order valence-corrected chi connectivity index (χ2v) is 5.09. The predicted octanol–water partition coefficient (Wildman–Crippen LogP) is 3.72. The van der Waals surface area contributed by atoms with Crippen LogP contribution in [0.1, 0.15) is 65.2 Å². The molecule has 1 nitrogen and oxygen atoms in total. The van der Waals surface area contributed by atoms with Crippen molar-refractivity contribution in [3.8, 4) is 0 Å². The van der Waals surface area contributed by atoms with Crippen LogP contribution in [0.3, 0.4) is 0 Å². The van der Waals surface area contributed by atoms with Gasteiger partial charge in [0.05, 0.1) is 0 Å². The maximum absolute atomic E-state index is 6.18. The van der Waals surface area contributed by atoms with Crippen molar-refractivity contribution in [2.75, 3.05) is 0 Å². The zero-order chi connectivity index (χ0) is 10.4. The first-order valence-corrected chi connectivity index (χ1v) is 6.51. The van der Waals surface area contributed by atoms with Gasteiger partial charge in [-0.05, 0) is 24.7 Å². The largest absolute Gasteiger partial charge is 0.327 e. The summed E-state index contributed by atoms with van der Waals surface area (Å²) in [4.78, 5) is 0. The summed E-state index contributed by atoms with van der Waals surface area (Å²) in [6.45, 7) is 4.68. The molecule has 0 bridgehead atoms. The van der Waals surface area contributed by atoms with Gasteiger partial charge in [-0.25, -0.2) is 0 Å². The van der Waals surface area contributed by atoms with Gasteiger partial charge in [0.15, 0.2) is 0 Å². The lowest BCUT2D eigenvalue weighted by molar-refractivity contribution is 0.214. The fourth-order valence-electron chi connectivity index (χ4n) is 2.83. The lowest BCUT2D eigenvalue weighted by Gasteiger charge is -2.33. The summed E-state index contributed by atoms with van der Waals surface area (Å²) in [6.07, 6.45) is 11.0. The zero-order valence-corrected chi connectivity index (χ0v) is 9.97. The number of hydrogen-bond donors (Lipinski definition) is 1. The van der Waals surface area contributed by atoms with Gasteiger partial charge < -0.3 is 5.73 Å². The Morgan fingerprint density at radius 1 is 1.21 bits per heavy atom. The molecule has 14 heavy (non-hydrogen) atoms. The Morgan fingerprint density at radius 3 is 2.57 bits per heavy atom. The Bertz CT molecular complexity index is 144. The maximum atomic E-state index is 6.18. The first-order chi connectivity index (χ1) is 6.75. The second-order valence-electron chi connectivity index (χ2n) is 5.09. The van der Waals surface area contributed by atoms with Crippen LogP contribution in [0.15, 0.2) is 0 Å². The molecule has 84 valence electrons. The first-order valence-electron chi connectivity index (χ1n) is 6.51. The number of nitrogens with two attached hydrogens (primary N) is 1. The summed E-state index contributed by atoms with van der Waals surface area (Å²) in [5.41, 5.74) is 6.18. The van der Waals surface area contributed by atoms with Gasteiger partial charge in [-0.15, -0.1) is 0 Å². The van der Waals surface area contributed by atoms with Crippen molar-refractivity contribution in [2.45, 2.75) is 71.3 Å². The molecule has 1 aliphatic carbocycles. The van der Waals surface area contributed by atoms with Crippen LogP contribution in [-0.2, 0) is 0 Å². The van der Waals surface area contributed by atoms with Crippen LogP contribution in [0.25, 0.3) is 0 Å². The van der Waals surface area contributed by atoms with Crippen LogP contribution in [0, 0.1) is 11.8 Å². The highest BCUT2D eigenvalue weighted by molar-refractivity contribution is 4.81. The van der Waals surface area contributed by atoms with Crippen molar-refractivity contribution in [2.24, 2.45) is 17.6 Å². The first kappa shape index (κ1) is 12.0. The number of unbranched alkanes of at least 4 members (excludes halogenated alkanes) is 2. The Labute approximate surface area is 89.5 Å². The van der Waals surface area contributed by atoms with Crippen LogP contribution in [0.4, 0.5) is 0 Å². The zero-order valence-electron chi connectivity index (χ0n) is 9.97. The van der Waals surface area contributed by atoms with E-state index in [1.165, 1.54) is 51.4 Å². The molecule has 0 aromatic rings. The topological polar surface area (TPSA) is 26.0 Å². The number of hydrogen-bond acceptors (Lipinski definition) is 1. The van der Waals surface area contributed by atoms with Gasteiger partial charge in [0, 0.05) is 6.04 Å². The fourth-order valence-corrected chi connectivity index (χ4v) is 2.83. The lowest BCUT2D eigenvalue weighted by Crippen LogP contribution is -2.36. The standard InChI is InChI=1S/C13H27N/c1-3-4-5-8-11(2)12-9-6-7-10-13(12)14/h11-13H,3-10,14H2,1-2H3. The van der Waals surface area contributed by atoms with E-state index in [4.69, 9.17) is 5.73 Å². The normalized spacial score (nSPS) is 30.2. The highest BCUT2D eigenvalue weighted by Crippen LogP contribution is 2.31. The van der Waals surface area contributed by atoms with Crippen LogP contribution >= 0.6 is 0 Å². The smallest absolute Gasteiger partial charge is 0.00697 e. The van der Waals surface area contributed by atoms with Crippen LogP contribution in [-0.4, -0.2) is 6.04 Å². The molecule has 1 aliphatic rings. The molecular weight excluding hydrogens is 170 g/mol. The summed E-state index contributed by atoms with van der Waals surface area (Å²) >= 11 is 0. The van der Waals surface area contributed by atoms with Gasteiger partial charge >= 0.3 is 0 Å². The molecule has 3 atom stereocenters. The molecule has 0 saturated heterocycles. The van der Waals surface area contributed by atoms with Gasteiger partial charge in [-0.2, -0.15) is 0 Å². The van der Waals surface area contributed by atoms with Gasteiger partial charge in [-0.3, -0.25) is 0 Å². The molecule has 0 aromatic carbocycles. The van der Waals surface area contributed by atoms with Crippen molar-refractivity contribution in [1.82, 2.24) is 0 Å². The molecule has 0 aromatic heterocycles. The van der Waals surface area contributed by atoms with Crippen molar-refractivity contribution in [3.05, 3.63) is 0 Å². The molecule has 1 rings (SSSR count). The summed E-state index contributed by atoms with van der Waals surface area (Å²) in [7, 11) is 0. The van der Waals surface area contributed by atoms with Gasteiger partial charge in [0.25, 0.3) is 0 Å². The molecule has 0 aliphatic heterocycles. The Hall–Kier alpha value is -0.0400. The summed E-state index contributed by atoms with van der Waals surface area (Å²) in [6, 6.07) is 0.500. The van der Waals surface area contributed by atoms with E-state index >= 15 is 0 Å². The highest BCUT2D eigenvalue weighted by Gasteiger charge is 2.26. The van der Waals surface area contributed by atoms with Gasteiger partial charge in [0.2, 0.25) is 0 Å². The van der Waals surface area contributed by atoms with Crippen LogP contribution in [0.5, 0.6) is 0 Å². The predicted molar refractivity (Wildman–Crippen MR) is 63.2 cm³/mol. The summed E-state index contributed by atoms with van der Waals surface area (Å²) in [5, 5.41) is 0. The molecule has 0 radical (unpaired) electrons. The SMILES string of the molecule is CCCCCC(C)C1CCCCC1N. The van der Waals surface area contributed by atoms with Gasteiger partial charge in [0.1, 0.15) is 0 Å². The number of rotatable bonds is 5. The summed E-state index contributed by atoms with van der Waals surface area (Å²) < 4.78 is 0. The van der Waals surface area contributed by atoms with Crippen molar-refractivity contribution in [1.29, 1.82) is 0 Å². The van der Waals surface area contributed by atoms with E-state index in [9.17, 15) is 0 Å². The van der Waals surface area contributed by atoms with E-state index in [2.05, 4.69) is 13.8 Å².